The summed E-state index contributed by atoms with van der Waals surface area (Å²) in [5.41, 5.74) is 6.21. The molecule has 1 fully saturated rings. The molecular formula is C15H19F2NO2. The van der Waals surface area contributed by atoms with Gasteiger partial charge in [0.1, 0.15) is 0 Å². The summed E-state index contributed by atoms with van der Waals surface area (Å²) in [4.78, 5) is 0. The average Bonchev–Trinajstić information content (AvgIpc) is 2.74. The Morgan fingerprint density at radius 2 is 1.60 bits per heavy atom. The second-order valence-corrected chi connectivity index (χ2v) is 5.60. The third-order valence-corrected chi connectivity index (χ3v) is 4.19. The van der Waals surface area contributed by atoms with Gasteiger partial charge in [0.05, 0.1) is 13.2 Å². The molecule has 1 heterocycles. The molecule has 1 aromatic carbocycles. The van der Waals surface area contributed by atoms with Gasteiger partial charge in [-0.05, 0) is 30.5 Å². The van der Waals surface area contributed by atoms with Crippen LogP contribution in [0.5, 0.6) is 11.5 Å². The van der Waals surface area contributed by atoms with Gasteiger partial charge in [-0.15, -0.1) is 0 Å². The molecule has 3 rings (SSSR count). The zero-order valence-electron chi connectivity index (χ0n) is 11.3. The van der Waals surface area contributed by atoms with E-state index in [4.69, 9.17) is 15.2 Å². The predicted molar refractivity (Wildman–Crippen MR) is 71.3 cm³/mol. The van der Waals surface area contributed by atoms with Gasteiger partial charge in [-0.1, -0.05) is 12.8 Å². The van der Waals surface area contributed by atoms with Crippen LogP contribution >= 0.6 is 0 Å². The van der Waals surface area contributed by atoms with Gasteiger partial charge in [0.15, 0.2) is 11.5 Å². The summed E-state index contributed by atoms with van der Waals surface area (Å²) in [5, 5.41) is 0. The van der Waals surface area contributed by atoms with Crippen LogP contribution in [0, 0.1) is 0 Å². The molecule has 0 unspecified atom stereocenters. The van der Waals surface area contributed by atoms with Crippen molar-refractivity contribution in [2.45, 2.75) is 44.1 Å². The number of alkyl halides is 2. The normalized spacial score (nSPS) is 21.0. The van der Waals surface area contributed by atoms with Crippen LogP contribution in [0.25, 0.3) is 0 Å². The molecule has 1 aromatic rings. The lowest BCUT2D eigenvalue weighted by Crippen LogP contribution is -2.34. The quantitative estimate of drug-likeness (QED) is 0.903. The van der Waals surface area contributed by atoms with E-state index in [2.05, 4.69) is 0 Å². The molecule has 0 bridgehead atoms. The molecule has 5 heteroatoms. The van der Waals surface area contributed by atoms with Crippen molar-refractivity contribution in [3.8, 4) is 11.5 Å². The highest BCUT2D eigenvalue weighted by Crippen LogP contribution is 2.45. The van der Waals surface area contributed by atoms with E-state index in [0.717, 1.165) is 32.1 Å². The lowest BCUT2D eigenvalue weighted by molar-refractivity contribution is 0.147. The third-order valence-electron chi connectivity index (χ3n) is 4.19. The molecule has 0 aromatic heterocycles. The van der Waals surface area contributed by atoms with Gasteiger partial charge < -0.3 is 15.2 Å². The molecule has 20 heavy (non-hydrogen) atoms. The Labute approximate surface area is 117 Å². The minimum atomic E-state index is -2.55. The van der Waals surface area contributed by atoms with Crippen LogP contribution in [0.2, 0.25) is 0 Å². The van der Waals surface area contributed by atoms with Crippen molar-refractivity contribution in [2.24, 2.45) is 5.73 Å². The first-order valence-corrected chi connectivity index (χ1v) is 7.11. The molecule has 1 aliphatic carbocycles. The van der Waals surface area contributed by atoms with Gasteiger partial charge >= 0.3 is 0 Å². The number of halogens is 2. The standard InChI is InChI=1S/C15H19F2NO2/c16-14(17)10-8-12-13(20-7-3-6-19-12)9-11(10)15(18)4-1-2-5-15/h8-9,14H,1-7,18H2. The highest BCUT2D eigenvalue weighted by Gasteiger charge is 2.36. The van der Waals surface area contributed by atoms with Crippen LogP contribution in [-0.2, 0) is 5.54 Å². The smallest absolute Gasteiger partial charge is 0.264 e. The second kappa shape index (κ2) is 5.20. The van der Waals surface area contributed by atoms with Crippen molar-refractivity contribution in [3.05, 3.63) is 23.3 Å². The van der Waals surface area contributed by atoms with Crippen LogP contribution in [-0.4, -0.2) is 13.2 Å². The molecule has 1 aliphatic heterocycles. The second-order valence-electron chi connectivity index (χ2n) is 5.60. The maximum atomic E-state index is 13.4. The SMILES string of the molecule is NC1(c2cc3c(cc2C(F)F)OCCCO3)CCCC1. The van der Waals surface area contributed by atoms with Crippen molar-refractivity contribution >= 4 is 0 Å². The van der Waals surface area contributed by atoms with E-state index in [1.807, 2.05) is 0 Å². The summed E-state index contributed by atoms with van der Waals surface area (Å²) in [6.45, 7) is 1.03. The summed E-state index contributed by atoms with van der Waals surface area (Å²) in [6, 6.07) is 3.08. The number of fused-ring (bicyclic) bond motifs is 1. The van der Waals surface area contributed by atoms with Crippen LogP contribution in [0.1, 0.15) is 49.7 Å². The average molecular weight is 283 g/mol. The van der Waals surface area contributed by atoms with E-state index < -0.39 is 12.0 Å². The molecule has 1 saturated carbocycles. The van der Waals surface area contributed by atoms with Crippen LogP contribution in [0.3, 0.4) is 0 Å². The zero-order chi connectivity index (χ0) is 14.2. The highest BCUT2D eigenvalue weighted by atomic mass is 19.3. The fourth-order valence-corrected chi connectivity index (χ4v) is 3.11. The van der Waals surface area contributed by atoms with E-state index in [-0.39, 0.29) is 5.56 Å². The number of nitrogens with two attached hydrogens (primary N) is 1. The lowest BCUT2D eigenvalue weighted by Gasteiger charge is -2.28. The Bertz CT molecular complexity index is 499. The lowest BCUT2D eigenvalue weighted by atomic mass is 9.85. The van der Waals surface area contributed by atoms with E-state index >= 15 is 0 Å². The number of hydrogen-bond donors (Lipinski definition) is 1. The van der Waals surface area contributed by atoms with Gasteiger partial charge in [-0.25, -0.2) is 8.78 Å². The Balaban J connectivity index is 2.09. The van der Waals surface area contributed by atoms with Gasteiger partial charge in [-0.2, -0.15) is 0 Å². The maximum Gasteiger partial charge on any atom is 0.264 e. The van der Waals surface area contributed by atoms with Crippen molar-refractivity contribution in [2.75, 3.05) is 13.2 Å². The van der Waals surface area contributed by atoms with Crippen molar-refractivity contribution in [1.82, 2.24) is 0 Å². The molecule has 2 aliphatic rings. The first-order valence-electron chi connectivity index (χ1n) is 7.11. The molecule has 0 spiro atoms. The van der Waals surface area contributed by atoms with Gasteiger partial charge in [0, 0.05) is 17.5 Å². The summed E-state index contributed by atoms with van der Waals surface area (Å²) >= 11 is 0. The first-order chi connectivity index (χ1) is 9.60. The predicted octanol–water partition coefficient (Wildman–Crippen LogP) is 3.51. The van der Waals surface area contributed by atoms with Crippen LogP contribution in [0.4, 0.5) is 8.78 Å². The van der Waals surface area contributed by atoms with Gasteiger partial charge in [0.25, 0.3) is 6.43 Å². The topological polar surface area (TPSA) is 44.5 Å². The fourth-order valence-electron chi connectivity index (χ4n) is 3.11. The molecule has 0 amide bonds. The largest absolute Gasteiger partial charge is 0.490 e. The molecule has 3 nitrogen and oxygen atoms in total. The van der Waals surface area contributed by atoms with E-state index in [1.165, 1.54) is 6.07 Å². The first kappa shape index (κ1) is 13.6. The summed E-state index contributed by atoms with van der Waals surface area (Å²) < 4.78 is 37.8. The zero-order valence-corrected chi connectivity index (χ0v) is 11.3. The van der Waals surface area contributed by atoms with E-state index in [0.29, 0.717) is 30.3 Å². The number of ether oxygens (including phenoxy) is 2. The molecule has 110 valence electrons. The Morgan fingerprint density at radius 3 is 2.20 bits per heavy atom. The van der Waals surface area contributed by atoms with E-state index in [9.17, 15) is 8.78 Å². The molecule has 2 N–H and O–H groups in total. The monoisotopic (exact) mass is 283 g/mol. The Kier molecular flexibility index (Phi) is 3.54. The molecular weight excluding hydrogens is 264 g/mol. The van der Waals surface area contributed by atoms with Crippen molar-refractivity contribution < 1.29 is 18.3 Å². The van der Waals surface area contributed by atoms with Crippen LogP contribution < -0.4 is 15.2 Å². The van der Waals surface area contributed by atoms with Crippen molar-refractivity contribution in [3.63, 3.8) is 0 Å². The molecule has 0 radical (unpaired) electrons. The minimum absolute atomic E-state index is 0.0151. The summed E-state index contributed by atoms with van der Waals surface area (Å²) in [6.07, 6.45) is 1.64. The molecule has 0 atom stereocenters. The maximum absolute atomic E-state index is 13.4. The number of rotatable bonds is 2. The third kappa shape index (κ3) is 2.35. The van der Waals surface area contributed by atoms with Crippen molar-refractivity contribution in [1.29, 1.82) is 0 Å². The number of hydrogen-bond acceptors (Lipinski definition) is 3. The number of benzene rings is 1. The summed E-state index contributed by atoms with van der Waals surface area (Å²) in [7, 11) is 0. The Morgan fingerprint density at radius 1 is 1.00 bits per heavy atom. The van der Waals surface area contributed by atoms with Gasteiger partial charge in [0.2, 0.25) is 0 Å². The summed E-state index contributed by atoms with van der Waals surface area (Å²) in [5.74, 6) is 0.946. The van der Waals surface area contributed by atoms with Gasteiger partial charge in [-0.3, -0.25) is 0 Å². The Hall–Kier alpha value is -1.36. The highest BCUT2D eigenvalue weighted by molar-refractivity contribution is 5.50. The fraction of sp³-hybridized carbons (Fsp3) is 0.600. The van der Waals surface area contributed by atoms with E-state index in [1.54, 1.807) is 6.07 Å². The molecule has 0 saturated heterocycles. The van der Waals surface area contributed by atoms with Crippen LogP contribution in [0.15, 0.2) is 12.1 Å². The minimum Gasteiger partial charge on any atom is -0.490 e.